The van der Waals surface area contributed by atoms with E-state index in [0.717, 1.165) is 29.0 Å². The second-order valence-corrected chi connectivity index (χ2v) is 8.21. The van der Waals surface area contributed by atoms with Gasteiger partial charge in [0.1, 0.15) is 24.4 Å². The number of hydrogen-bond acceptors (Lipinski definition) is 7. The largest absolute Gasteiger partial charge is 0.458 e. The van der Waals surface area contributed by atoms with Crippen molar-refractivity contribution in [2.24, 2.45) is 5.92 Å². The Bertz CT molecular complexity index is 893. The molecule has 1 N–H and O–H groups in total. The Kier molecular flexibility index (Phi) is 4.92. The van der Waals surface area contributed by atoms with Crippen molar-refractivity contribution < 1.29 is 23.6 Å². The summed E-state index contributed by atoms with van der Waals surface area (Å²) in [6.07, 6.45) is 3.41. The van der Waals surface area contributed by atoms with Crippen LogP contribution in [0.2, 0.25) is 0 Å². The molecule has 1 spiro atoms. The number of amides is 3. The molecule has 2 atom stereocenters. The van der Waals surface area contributed by atoms with E-state index in [1.54, 1.807) is 6.07 Å². The predicted molar refractivity (Wildman–Crippen MR) is 100 cm³/mol. The van der Waals surface area contributed by atoms with Crippen molar-refractivity contribution in [2.45, 2.75) is 44.8 Å². The molecular formula is C19H21N3O5S. The smallest absolute Gasteiger partial charge is 0.326 e. The van der Waals surface area contributed by atoms with Gasteiger partial charge in [-0.05, 0) is 30.2 Å². The number of imide groups is 1. The molecular weight excluding hydrogens is 382 g/mol. The van der Waals surface area contributed by atoms with E-state index in [2.05, 4.69) is 10.5 Å². The average Bonchev–Trinajstić information content (AvgIpc) is 3.40. The normalized spacial score (nSPS) is 24.6. The molecule has 3 amide bonds. The Labute approximate surface area is 165 Å². The number of carbonyl (C=O) groups excluding carboxylic acids is 3. The van der Waals surface area contributed by atoms with Gasteiger partial charge >= 0.3 is 12.0 Å². The Hall–Kier alpha value is -2.68. The van der Waals surface area contributed by atoms with Crippen molar-refractivity contribution in [2.75, 3.05) is 6.54 Å². The van der Waals surface area contributed by atoms with E-state index in [0.29, 0.717) is 17.9 Å². The first-order valence-corrected chi connectivity index (χ1v) is 10.2. The number of urea groups is 1. The van der Waals surface area contributed by atoms with Crippen molar-refractivity contribution in [1.82, 2.24) is 15.4 Å². The van der Waals surface area contributed by atoms with Crippen LogP contribution in [0.5, 0.6) is 0 Å². The third kappa shape index (κ3) is 3.30. The number of esters is 1. The molecule has 2 aromatic rings. The van der Waals surface area contributed by atoms with Crippen LogP contribution in [0.15, 0.2) is 28.1 Å². The minimum absolute atomic E-state index is 0.0459. The zero-order valence-electron chi connectivity index (χ0n) is 15.5. The molecule has 9 heteroatoms. The molecule has 2 aromatic heterocycles. The lowest BCUT2D eigenvalue weighted by Gasteiger charge is -2.36. The topological polar surface area (TPSA) is 102 Å². The maximum atomic E-state index is 12.9. The molecule has 28 heavy (non-hydrogen) atoms. The van der Waals surface area contributed by atoms with Crippen LogP contribution in [0.25, 0.3) is 10.6 Å². The summed E-state index contributed by atoms with van der Waals surface area (Å²) in [5, 5.41) is 8.63. The van der Waals surface area contributed by atoms with E-state index in [9.17, 15) is 14.4 Å². The molecule has 2 fully saturated rings. The molecule has 1 saturated heterocycles. The number of thiophene rings is 1. The van der Waals surface area contributed by atoms with Crippen molar-refractivity contribution >= 4 is 29.2 Å². The molecule has 0 radical (unpaired) electrons. The van der Waals surface area contributed by atoms with Crippen LogP contribution in [0.4, 0.5) is 4.79 Å². The molecule has 1 aliphatic carbocycles. The Balaban J connectivity index is 1.35. The van der Waals surface area contributed by atoms with Crippen LogP contribution in [0, 0.1) is 5.92 Å². The van der Waals surface area contributed by atoms with Crippen LogP contribution >= 0.6 is 11.3 Å². The summed E-state index contributed by atoms with van der Waals surface area (Å²) in [5.74, 6) is -0.347. The minimum Gasteiger partial charge on any atom is -0.458 e. The summed E-state index contributed by atoms with van der Waals surface area (Å²) in [5.41, 5.74) is -0.413. The molecule has 0 aromatic carbocycles. The first-order valence-electron chi connectivity index (χ1n) is 9.29. The highest BCUT2D eigenvalue weighted by molar-refractivity contribution is 7.13. The van der Waals surface area contributed by atoms with Crippen molar-refractivity contribution in [3.05, 3.63) is 29.3 Å². The van der Waals surface area contributed by atoms with E-state index in [4.69, 9.17) is 9.26 Å². The van der Waals surface area contributed by atoms with Crippen LogP contribution in [-0.2, 0) is 20.9 Å². The van der Waals surface area contributed by atoms with Gasteiger partial charge < -0.3 is 14.6 Å². The lowest BCUT2D eigenvalue weighted by Crippen LogP contribution is -2.54. The summed E-state index contributed by atoms with van der Waals surface area (Å²) in [6, 6.07) is 4.98. The Morgan fingerprint density at radius 3 is 3.07 bits per heavy atom. The van der Waals surface area contributed by atoms with Crippen LogP contribution in [0.3, 0.4) is 0 Å². The summed E-state index contributed by atoms with van der Waals surface area (Å²) in [7, 11) is 0. The Morgan fingerprint density at radius 2 is 2.32 bits per heavy atom. The predicted octanol–water partition coefficient (Wildman–Crippen LogP) is 2.95. The van der Waals surface area contributed by atoms with Crippen LogP contribution in [-0.4, -0.2) is 40.0 Å². The summed E-state index contributed by atoms with van der Waals surface area (Å²) in [4.78, 5) is 39.3. The van der Waals surface area contributed by atoms with Crippen LogP contribution in [0.1, 0.15) is 38.3 Å². The van der Waals surface area contributed by atoms with E-state index in [-0.39, 0.29) is 18.4 Å². The number of hydrogen-bond donors (Lipinski definition) is 1. The monoisotopic (exact) mass is 403 g/mol. The number of aromatic nitrogens is 1. The molecule has 8 nitrogen and oxygen atoms in total. The lowest BCUT2D eigenvalue weighted by atomic mass is 9.73. The first kappa shape index (κ1) is 18.7. The summed E-state index contributed by atoms with van der Waals surface area (Å²) < 4.78 is 10.4. The zero-order chi connectivity index (χ0) is 19.7. The lowest BCUT2D eigenvalue weighted by molar-refractivity contribution is -0.149. The second-order valence-electron chi connectivity index (χ2n) is 7.26. The summed E-state index contributed by atoms with van der Waals surface area (Å²) >= 11 is 1.52. The SMILES string of the molecule is C[C@@H]1CCCC[C@]12NC(=O)N(CC(=O)OCc1cc(-c3cccs3)on1)C2=O. The van der Waals surface area contributed by atoms with E-state index in [1.807, 2.05) is 24.4 Å². The Morgan fingerprint density at radius 1 is 1.46 bits per heavy atom. The van der Waals surface area contributed by atoms with Gasteiger partial charge in [-0.3, -0.25) is 14.5 Å². The van der Waals surface area contributed by atoms with E-state index in [1.165, 1.54) is 11.3 Å². The molecule has 1 aliphatic heterocycles. The molecule has 2 aliphatic rings. The van der Waals surface area contributed by atoms with Gasteiger partial charge in [-0.25, -0.2) is 4.79 Å². The molecule has 0 unspecified atom stereocenters. The summed E-state index contributed by atoms with van der Waals surface area (Å²) in [6.45, 7) is 1.47. The van der Waals surface area contributed by atoms with Crippen molar-refractivity contribution in [1.29, 1.82) is 0 Å². The maximum absolute atomic E-state index is 12.9. The van der Waals surface area contributed by atoms with Gasteiger partial charge in [0.05, 0.1) is 4.88 Å². The van der Waals surface area contributed by atoms with Gasteiger partial charge in [0, 0.05) is 6.07 Å². The number of ether oxygens (including phenoxy) is 1. The van der Waals surface area contributed by atoms with Gasteiger partial charge in [0.2, 0.25) is 0 Å². The van der Waals surface area contributed by atoms with Gasteiger partial charge in [-0.1, -0.05) is 31.0 Å². The second kappa shape index (κ2) is 7.38. The number of rotatable bonds is 5. The third-order valence-electron chi connectivity index (χ3n) is 5.49. The van der Waals surface area contributed by atoms with Gasteiger partial charge in [0.15, 0.2) is 5.76 Å². The van der Waals surface area contributed by atoms with Gasteiger partial charge in [0.25, 0.3) is 5.91 Å². The number of nitrogens with one attached hydrogen (secondary N) is 1. The fourth-order valence-corrected chi connectivity index (χ4v) is 4.56. The molecule has 0 bridgehead atoms. The number of carbonyl (C=O) groups is 3. The van der Waals surface area contributed by atoms with Crippen LogP contribution < -0.4 is 5.32 Å². The first-order chi connectivity index (χ1) is 13.5. The molecule has 148 valence electrons. The standard InChI is InChI=1S/C19H21N3O5S/c1-12-5-2-3-7-19(12)17(24)22(18(25)20-19)10-16(23)26-11-13-9-14(27-21-13)15-6-4-8-28-15/h4,6,8-9,12H,2-3,5,7,10-11H2,1H3,(H,20,25)/t12-,19+/m1/s1. The maximum Gasteiger partial charge on any atom is 0.326 e. The van der Waals surface area contributed by atoms with E-state index < -0.39 is 24.1 Å². The zero-order valence-corrected chi connectivity index (χ0v) is 16.3. The molecule has 1 saturated carbocycles. The highest BCUT2D eigenvalue weighted by Crippen LogP contribution is 2.38. The van der Waals surface area contributed by atoms with Gasteiger partial charge in [-0.15, -0.1) is 11.3 Å². The van der Waals surface area contributed by atoms with Crippen molar-refractivity contribution in [3.63, 3.8) is 0 Å². The van der Waals surface area contributed by atoms with E-state index >= 15 is 0 Å². The minimum atomic E-state index is -0.878. The fraction of sp³-hybridized carbons (Fsp3) is 0.474. The third-order valence-corrected chi connectivity index (χ3v) is 6.38. The number of nitrogens with zero attached hydrogens (tertiary/aromatic N) is 2. The molecule has 4 rings (SSSR count). The van der Waals surface area contributed by atoms with Crippen molar-refractivity contribution in [3.8, 4) is 10.6 Å². The fourth-order valence-electron chi connectivity index (χ4n) is 3.88. The molecule has 3 heterocycles. The average molecular weight is 403 g/mol. The van der Waals surface area contributed by atoms with Gasteiger partial charge in [-0.2, -0.15) is 0 Å². The highest BCUT2D eigenvalue weighted by atomic mass is 32.1. The highest BCUT2D eigenvalue weighted by Gasteiger charge is 2.55. The quantitative estimate of drug-likeness (QED) is 0.608.